The average Bonchev–Trinajstić information content (AvgIpc) is 3.02. The monoisotopic (exact) mass is 357 g/mol. The van der Waals surface area contributed by atoms with Crippen molar-refractivity contribution >= 4 is 20.7 Å². The quantitative estimate of drug-likeness (QED) is 0.529. The van der Waals surface area contributed by atoms with E-state index >= 15 is 0 Å². The Morgan fingerprint density at radius 1 is 1.00 bits per heavy atom. The standard InChI is InChI=1S/C18H15NO2Se/c1-2-21-18(20)16-15(13-9-5-3-6-10-13)17(22-19-16)14-11-7-4-8-12-14/h3-12H,2H2,1H3. The van der Waals surface area contributed by atoms with E-state index in [-0.39, 0.29) is 20.7 Å². The van der Waals surface area contributed by atoms with Gasteiger partial charge in [-0.1, -0.05) is 0 Å². The van der Waals surface area contributed by atoms with Gasteiger partial charge in [-0.2, -0.15) is 0 Å². The second-order valence-electron chi connectivity index (χ2n) is 4.69. The zero-order valence-electron chi connectivity index (χ0n) is 12.2. The van der Waals surface area contributed by atoms with E-state index in [1.807, 2.05) is 55.5 Å². The third kappa shape index (κ3) is 2.89. The molecule has 110 valence electrons. The van der Waals surface area contributed by atoms with Crippen LogP contribution >= 0.6 is 0 Å². The zero-order chi connectivity index (χ0) is 15.4. The SMILES string of the molecule is CCOC(=O)c1n[se]c(-c2ccccc2)c1-c1ccccc1. The van der Waals surface area contributed by atoms with Crippen molar-refractivity contribution in [1.29, 1.82) is 0 Å². The molecule has 0 aliphatic carbocycles. The van der Waals surface area contributed by atoms with Gasteiger partial charge in [0, 0.05) is 0 Å². The Kier molecular flexibility index (Phi) is 4.52. The summed E-state index contributed by atoms with van der Waals surface area (Å²) in [6, 6.07) is 20.0. The van der Waals surface area contributed by atoms with Gasteiger partial charge in [0.05, 0.1) is 0 Å². The Balaban J connectivity index is 2.18. The van der Waals surface area contributed by atoms with Crippen LogP contribution in [0.2, 0.25) is 0 Å². The van der Waals surface area contributed by atoms with Gasteiger partial charge < -0.3 is 0 Å². The number of benzene rings is 2. The summed E-state index contributed by atoms with van der Waals surface area (Å²) in [5, 5.41) is 0. The summed E-state index contributed by atoms with van der Waals surface area (Å²) in [6.07, 6.45) is 0. The maximum absolute atomic E-state index is 12.2. The first kappa shape index (κ1) is 14.8. The summed E-state index contributed by atoms with van der Waals surface area (Å²) < 4.78 is 10.8. The molecule has 0 aliphatic rings. The number of carbonyl (C=O) groups is 1. The third-order valence-electron chi connectivity index (χ3n) is 3.26. The minimum absolute atomic E-state index is 0.116. The molecule has 2 aromatic carbocycles. The van der Waals surface area contributed by atoms with E-state index in [0.717, 1.165) is 21.1 Å². The van der Waals surface area contributed by atoms with Gasteiger partial charge in [-0.05, 0) is 0 Å². The van der Waals surface area contributed by atoms with Crippen molar-refractivity contribution in [2.45, 2.75) is 6.92 Å². The molecular weight excluding hydrogens is 341 g/mol. The van der Waals surface area contributed by atoms with Crippen LogP contribution in [0.15, 0.2) is 60.7 Å². The molecule has 0 atom stereocenters. The first-order valence-electron chi connectivity index (χ1n) is 7.09. The molecule has 0 bridgehead atoms. The normalized spacial score (nSPS) is 10.4. The van der Waals surface area contributed by atoms with E-state index in [0.29, 0.717) is 12.3 Å². The molecule has 0 aliphatic heterocycles. The minimum atomic E-state index is -0.339. The van der Waals surface area contributed by atoms with Gasteiger partial charge in [-0.3, -0.25) is 0 Å². The van der Waals surface area contributed by atoms with Crippen LogP contribution in [-0.4, -0.2) is 31.3 Å². The number of carbonyl (C=O) groups excluding carboxylic acids is 1. The Labute approximate surface area is 135 Å². The topological polar surface area (TPSA) is 39.2 Å². The molecule has 0 saturated heterocycles. The molecule has 0 fully saturated rings. The predicted octanol–water partition coefficient (Wildman–Crippen LogP) is 3.65. The summed E-state index contributed by atoms with van der Waals surface area (Å²) in [5.74, 6) is -0.339. The third-order valence-corrected chi connectivity index (χ3v) is 5.14. The molecule has 1 heterocycles. The summed E-state index contributed by atoms with van der Waals surface area (Å²) in [6.45, 7) is 2.16. The molecule has 0 saturated carbocycles. The van der Waals surface area contributed by atoms with E-state index < -0.39 is 0 Å². The van der Waals surface area contributed by atoms with Gasteiger partial charge in [0.1, 0.15) is 0 Å². The fourth-order valence-electron chi connectivity index (χ4n) is 2.29. The fraction of sp³-hybridized carbons (Fsp3) is 0.111. The number of hydrogen-bond acceptors (Lipinski definition) is 3. The predicted molar refractivity (Wildman–Crippen MR) is 88.0 cm³/mol. The van der Waals surface area contributed by atoms with Crippen molar-refractivity contribution < 1.29 is 9.53 Å². The number of hydrogen-bond donors (Lipinski definition) is 0. The molecule has 0 spiro atoms. The Bertz CT molecular complexity index is 766. The molecule has 0 radical (unpaired) electrons. The molecule has 3 aromatic rings. The van der Waals surface area contributed by atoms with Crippen LogP contribution in [-0.2, 0) is 4.74 Å². The van der Waals surface area contributed by atoms with Gasteiger partial charge in [0.25, 0.3) is 0 Å². The van der Waals surface area contributed by atoms with Gasteiger partial charge >= 0.3 is 135 Å². The number of esters is 1. The average molecular weight is 356 g/mol. The molecular formula is C18H15NO2Se. The van der Waals surface area contributed by atoms with Crippen LogP contribution < -0.4 is 0 Å². The Hall–Kier alpha value is -2.16. The number of nitrogens with zero attached hydrogens (tertiary/aromatic N) is 1. The fourth-order valence-corrected chi connectivity index (χ4v) is 4.17. The molecule has 22 heavy (non-hydrogen) atoms. The van der Waals surface area contributed by atoms with Crippen molar-refractivity contribution in [3.63, 3.8) is 0 Å². The molecule has 0 amide bonds. The molecule has 1 aromatic heterocycles. The first-order chi connectivity index (χ1) is 10.8. The first-order valence-corrected chi connectivity index (χ1v) is 8.71. The summed E-state index contributed by atoms with van der Waals surface area (Å²) in [7, 11) is 0. The number of rotatable bonds is 4. The summed E-state index contributed by atoms with van der Waals surface area (Å²) in [5.41, 5.74) is 3.48. The molecule has 3 rings (SSSR count). The second-order valence-corrected chi connectivity index (χ2v) is 6.31. The van der Waals surface area contributed by atoms with Crippen molar-refractivity contribution in [2.24, 2.45) is 0 Å². The van der Waals surface area contributed by atoms with Crippen LogP contribution in [0, 0.1) is 0 Å². The summed E-state index contributed by atoms with van der Waals surface area (Å²) in [4.78, 5) is 12.2. The van der Waals surface area contributed by atoms with E-state index in [4.69, 9.17) is 4.74 Å². The molecule has 4 heteroatoms. The van der Waals surface area contributed by atoms with Crippen LogP contribution in [0.3, 0.4) is 0 Å². The Morgan fingerprint density at radius 2 is 1.59 bits per heavy atom. The van der Waals surface area contributed by atoms with Crippen LogP contribution in [0.5, 0.6) is 0 Å². The van der Waals surface area contributed by atoms with Crippen molar-refractivity contribution in [1.82, 2.24) is 3.98 Å². The number of aromatic nitrogens is 1. The maximum atomic E-state index is 12.2. The summed E-state index contributed by atoms with van der Waals surface area (Å²) >= 11 is -0.116. The van der Waals surface area contributed by atoms with Gasteiger partial charge in [0.2, 0.25) is 0 Å². The molecule has 0 N–H and O–H groups in total. The van der Waals surface area contributed by atoms with E-state index in [2.05, 4.69) is 16.1 Å². The van der Waals surface area contributed by atoms with Gasteiger partial charge in [0.15, 0.2) is 0 Å². The Morgan fingerprint density at radius 3 is 2.18 bits per heavy atom. The van der Waals surface area contributed by atoms with E-state index in [9.17, 15) is 4.79 Å². The van der Waals surface area contributed by atoms with Gasteiger partial charge in [-0.15, -0.1) is 0 Å². The van der Waals surface area contributed by atoms with E-state index in [1.54, 1.807) is 0 Å². The van der Waals surface area contributed by atoms with Crippen molar-refractivity contribution in [3.8, 4) is 21.1 Å². The van der Waals surface area contributed by atoms with E-state index in [1.165, 1.54) is 0 Å². The zero-order valence-corrected chi connectivity index (χ0v) is 13.9. The molecule has 0 unspecified atom stereocenters. The number of ether oxygens (including phenoxy) is 1. The van der Waals surface area contributed by atoms with Crippen molar-refractivity contribution in [3.05, 3.63) is 66.4 Å². The van der Waals surface area contributed by atoms with Crippen molar-refractivity contribution in [2.75, 3.05) is 6.61 Å². The van der Waals surface area contributed by atoms with Gasteiger partial charge in [-0.25, -0.2) is 0 Å². The second kappa shape index (κ2) is 6.73. The molecule has 3 nitrogen and oxygen atoms in total. The van der Waals surface area contributed by atoms with Crippen LogP contribution in [0.1, 0.15) is 17.4 Å². The van der Waals surface area contributed by atoms with Crippen LogP contribution in [0.4, 0.5) is 0 Å². The van der Waals surface area contributed by atoms with Crippen LogP contribution in [0.25, 0.3) is 21.1 Å².